The van der Waals surface area contributed by atoms with Gasteiger partial charge in [-0.2, -0.15) is 4.99 Å². The van der Waals surface area contributed by atoms with Crippen molar-refractivity contribution in [2.75, 3.05) is 12.5 Å². The summed E-state index contributed by atoms with van der Waals surface area (Å²) >= 11 is 5.55. The number of sulfone groups is 2. The maximum Gasteiger partial charge on any atom is 0.280 e. The fourth-order valence-electron chi connectivity index (χ4n) is 4.03. The summed E-state index contributed by atoms with van der Waals surface area (Å²) in [4.78, 5) is 27.3. The number of aliphatic imine (C=N–C) groups is 1. The average molecular weight is 652 g/mol. The zero-order chi connectivity index (χ0) is 33.3. The molecule has 1 amide bonds. The van der Waals surface area contributed by atoms with Crippen LogP contribution in [0.2, 0.25) is 0 Å². The molecule has 0 heterocycles. The molecule has 0 radical (unpaired) electrons. The zero-order valence-electron chi connectivity index (χ0n) is 26.0. The molecular weight excluding hydrogens is 610 g/mol. The van der Waals surface area contributed by atoms with Crippen molar-refractivity contribution >= 4 is 60.5 Å². The Labute approximate surface area is 261 Å². The second-order valence-corrected chi connectivity index (χ2v) is 14.5. The van der Waals surface area contributed by atoms with Crippen molar-refractivity contribution in [1.82, 2.24) is 0 Å². The first-order chi connectivity index (χ1) is 19.8. The number of hydrogen-bond acceptors (Lipinski definition) is 6. The number of aryl methyl sites for hydroxylation is 2. The first kappa shape index (κ1) is 37.7. The van der Waals surface area contributed by atoms with E-state index in [1.807, 2.05) is 53.7 Å². The topological polar surface area (TPSA) is 167 Å². The highest BCUT2D eigenvalue weighted by atomic mass is 35.5. The Kier molecular flexibility index (Phi) is 14.0. The molecule has 0 aromatic heterocycles. The Morgan fingerprint density at radius 3 is 1.42 bits per heavy atom. The van der Waals surface area contributed by atoms with Gasteiger partial charge in [-0.05, 0) is 97.7 Å². The van der Waals surface area contributed by atoms with Crippen LogP contribution in [-0.4, -0.2) is 46.5 Å². The number of benzene rings is 2. The number of nitrogens with two attached hydrogens (primary N) is 2. The van der Waals surface area contributed by atoms with Gasteiger partial charge in [-0.1, -0.05) is 51.0 Å². The highest BCUT2D eigenvalue weighted by Gasteiger charge is 2.20. The van der Waals surface area contributed by atoms with Gasteiger partial charge in [0, 0.05) is 23.6 Å². The molecule has 12 heteroatoms. The number of carbonyl (C=O) groups excluding carboxylic acids is 2. The maximum absolute atomic E-state index is 12.1. The third-order valence-electron chi connectivity index (χ3n) is 6.62. The molecule has 0 saturated carbocycles. The van der Waals surface area contributed by atoms with E-state index in [1.54, 1.807) is 12.1 Å². The van der Waals surface area contributed by atoms with E-state index in [0.717, 1.165) is 42.1 Å². The van der Waals surface area contributed by atoms with E-state index >= 15 is 0 Å². The number of hydrogen-bond donors (Lipinski definition) is 2. The molecule has 4 N–H and O–H groups in total. The van der Waals surface area contributed by atoms with Crippen molar-refractivity contribution in [3.63, 3.8) is 0 Å². The molecule has 2 aromatic rings. The summed E-state index contributed by atoms with van der Waals surface area (Å²) in [5.41, 5.74) is 15.7. The normalized spacial score (nSPS) is 12.3. The second-order valence-electron chi connectivity index (χ2n) is 10.1. The molecule has 0 bridgehead atoms. The second kappa shape index (κ2) is 16.0. The summed E-state index contributed by atoms with van der Waals surface area (Å²) in [6.45, 7) is 11.6. The molecule has 0 atom stereocenters. The van der Waals surface area contributed by atoms with E-state index in [9.17, 15) is 26.4 Å². The van der Waals surface area contributed by atoms with Crippen molar-refractivity contribution in [3.8, 4) is 0 Å². The van der Waals surface area contributed by atoms with Crippen LogP contribution in [0.25, 0.3) is 12.2 Å². The number of guanidine groups is 1. The van der Waals surface area contributed by atoms with Gasteiger partial charge in [0.05, 0.1) is 9.79 Å². The molecule has 0 spiro atoms. The Bertz CT molecular complexity index is 1690. The lowest BCUT2D eigenvalue weighted by Crippen LogP contribution is -2.24. The van der Waals surface area contributed by atoms with Crippen molar-refractivity contribution in [2.24, 2.45) is 16.5 Å². The third kappa shape index (κ3) is 11.1. The van der Waals surface area contributed by atoms with Crippen LogP contribution in [0.3, 0.4) is 0 Å². The highest BCUT2D eigenvalue weighted by Crippen LogP contribution is 2.27. The van der Waals surface area contributed by atoms with Crippen LogP contribution in [-0.2, 0) is 32.5 Å². The fraction of sp³-hybridized carbons (Fsp3) is 0.387. The monoisotopic (exact) mass is 651 g/mol. The predicted octanol–water partition coefficient (Wildman–Crippen LogP) is 5.72. The van der Waals surface area contributed by atoms with Crippen LogP contribution < -0.4 is 11.5 Å². The summed E-state index contributed by atoms with van der Waals surface area (Å²) in [6, 6.07) is 6.20. The first-order valence-corrected chi connectivity index (χ1v) is 17.9. The van der Waals surface area contributed by atoms with Crippen LogP contribution in [0.4, 0.5) is 0 Å². The maximum atomic E-state index is 12.1. The van der Waals surface area contributed by atoms with Gasteiger partial charge in [-0.15, -0.1) is 0 Å². The minimum absolute atomic E-state index is 0.0941. The molecular formula is C31H42ClN3O6S2. The number of carbonyl (C=O) groups is 2. The van der Waals surface area contributed by atoms with Gasteiger partial charge in [0.15, 0.2) is 25.6 Å². The number of amides is 1. The molecule has 43 heavy (non-hydrogen) atoms. The molecule has 0 fully saturated rings. The Hall–Kier alpha value is -3.28. The predicted molar refractivity (Wildman–Crippen MR) is 176 cm³/mol. The van der Waals surface area contributed by atoms with Crippen LogP contribution in [0.15, 0.2) is 50.2 Å². The van der Waals surface area contributed by atoms with E-state index in [4.69, 9.17) is 23.1 Å². The molecule has 0 saturated heterocycles. The van der Waals surface area contributed by atoms with E-state index < -0.39 is 30.8 Å². The lowest BCUT2D eigenvalue weighted by Gasteiger charge is -2.12. The van der Waals surface area contributed by atoms with E-state index in [2.05, 4.69) is 4.99 Å². The molecule has 236 valence electrons. The molecule has 0 aliphatic carbocycles. The first-order valence-electron chi connectivity index (χ1n) is 13.7. The molecule has 9 nitrogen and oxygen atoms in total. The van der Waals surface area contributed by atoms with Gasteiger partial charge < -0.3 is 11.5 Å². The lowest BCUT2D eigenvalue weighted by atomic mass is 9.99. The van der Waals surface area contributed by atoms with Crippen LogP contribution in [0.1, 0.15) is 97.4 Å². The molecule has 0 aliphatic rings. The molecule has 0 aliphatic heterocycles. The van der Waals surface area contributed by atoms with Crippen LogP contribution in [0, 0.1) is 0 Å². The number of allylic oxidation sites excluding steroid dienone is 2. The van der Waals surface area contributed by atoms with Crippen molar-refractivity contribution in [3.05, 3.63) is 68.8 Å². The highest BCUT2D eigenvalue weighted by molar-refractivity contribution is 7.91. The number of rotatable bonds is 10. The van der Waals surface area contributed by atoms with Gasteiger partial charge >= 0.3 is 0 Å². The minimum atomic E-state index is -3.50. The molecule has 2 aromatic carbocycles. The standard InChI is InChI=1S/C16H23N3O3S.C15H19ClO3S/c1-5-10(3)7-12-8-11(6-2)13(15(20)19-16(17)18)9-14(12)23(4,21)22;1-5-10(3)7-12-8-11(6-2)13(15(16)17)9-14(12)20(4,18)19/h7-9H,5-6H2,1-4H3,(H4,17,18,19,20);7-9H,5-6H2,1-4H3. The van der Waals surface area contributed by atoms with Gasteiger partial charge in [0.1, 0.15) is 0 Å². The fourth-order valence-corrected chi connectivity index (χ4v) is 5.97. The van der Waals surface area contributed by atoms with E-state index in [1.165, 1.54) is 12.1 Å². The summed E-state index contributed by atoms with van der Waals surface area (Å²) < 4.78 is 48.0. The summed E-state index contributed by atoms with van der Waals surface area (Å²) in [6.07, 6.45) is 8.72. The minimum Gasteiger partial charge on any atom is -0.370 e. The Morgan fingerprint density at radius 1 is 0.744 bits per heavy atom. The Morgan fingerprint density at radius 2 is 1.12 bits per heavy atom. The summed E-state index contributed by atoms with van der Waals surface area (Å²) in [7, 11) is -6.93. The third-order valence-corrected chi connectivity index (χ3v) is 9.13. The SMILES string of the molecule is CCC(C)=Cc1cc(CC)c(C(=O)Cl)cc1S(C)(=O)=O.CCC(C)=Cc1cc(CC)c(C(=O)N=C(N)N)cc1S(C)(=O)=O. The van der Waals surface area contributed by atoms with Gasteiger partial charge in [-0.25, -0.2) is 16.8 Å². The van der Waals surface area contributed by atoms with Crippen LogP contribution >= 0.6 is 11.6 Å². The van der Waals surface area contributed by atoms with Crippen molar-refractivity contribution in [1.29, 1.82) is 0 Å². The molecule has 2 rings (SSSR count). The van der Waals surface area contributed by atoms with Crippen molar-refractivity contribution in [2.45, 2.75) is 77.0 Å². The van der Waals surface area contributed by atoms with Gasteiger partial charge in [-0.3, -0.25) is 9.59 Å². The average Bonchev–Trinajstić information content (AvgIpc) is 2.90. The smallest absolute Gasteiger partial charge is 0.280 e. The summed E-state index contributed by atoms with van der Waals surface area (Å²) in [5.74, 6) is -1.00. The largest absolute Gasteiger partial charge is 0.370 e. The van der Waals surface area contributed by atoms with E-state index in [-0.39, 0.29) is 26.9 Å². The number of halogens is 1. The summed E-state index contributed by atoms with van der Waals surface area (Å²) in [5, 5.41) is -0.630. The number of nitrogens with zero attached hydrogens (tertiary/aromatic N) is 1. The van der Waals surface area contributed by atoms with E-state index in [0.29, 0.717) is 29.5 Å². The van der Waals surface area contributed by atoms with Gasteiger partial charge in [0.25, 0.3) is 11.1 Å². The zero-order valence-corrected chi connectivity index (χ0v) is 28.4. The lowest BCUT2D eigenvalue weighted by molar-refractivity contribution is 0.100. The quantitative estimate of drug-likeness (QED) is 0.187. The van der Waals surface area contributed by atoms with Crippen molar-refractivity contribution < 1.29 is 26.4 Å². The van der Waals surface area contributed by atoms with Crippen LogP contribution in [0.5, 0.6) is 0 Å². The van der Waals surface area contributed by atoms with Gasteiger partial charge in [0.2, 0.25) is 0 Å². The Balaban J connectivity index is 0.000000434. The molecule has 0 unspecified atom stereocenters.